The molecule has 0 saturated carbocycles. The molecule has 0 saturated heterocycles. The van der Waals surface area contributed by atoms with E-state index in [0.29, 0.717) is 0 Å². The summed E-state index contributed by atoms with van der Waals surface area (Å²) in [6.45, 7) is 4.60. The van der Waals surface area contributed by atoms with Crippen LogP contribution < -0.4 is 4.90 Å². The van der Waals surface area contributed by atoms with Gasteiger partial charge in [-0.3, -0.25) is 0 Å². The van der Waals surface area contributed by atoms with Crippen LogP contribution in [0.25, 0.3) is 22.3 Å². The number of hydrogen-bond donors (Lipinski definition) is 0. The van der Waals surface area contributed by atoms with Gasteiger partial charge < -0.3 is 4.90 Å². The van der Waals surface area contributed by atoms with Crippen LogP contribution in [0.4, 0.5) is 17.1 Å². The summed E-state index contributed by atoms with van der Waals surface area (Å²) >= 11 is 0. The van der Waals surface area contributed by atoms with Crippen molar-refractivity contribution in [1.29, 1.82) is 0 Å². The molecule has 0 atom stereocenters. The third-order valence-corrected chi connectivity index (χ3v) is 8.93. The van der Waals surface area contributed by atoms with E-state index < -0.39 is 0 Å². The van der Waals surface area contributed by atoms with Crippen molar-refractivity contribution in [2.45, 2.75) is 57.8 Å². The van der Waals surface area contributed by atoms with Crippen molar-refractivity contribution in [2.75, 3.05) is 4.90 Å². The van der Waals surface area contributed by atoms with E-state index in [-0.39, 0.29) is 5.41 Å². The molecule has 0 fully saturated rings. The fraction of sp³-hybridized carbons (Fsp3) is 0.220. The number of hydrogen-bond acceptors (Lipinski definition) is 1. The van der Waals surface area contributed by atoms with Gasteiger partial charge in [-0.05, 0) is 101 Å². The summed E-state index contributed by atoms with van der Waals surface area (Å²) in [7, 11) is 0. The maximum atomic E-state index is 5.89. The summed E-state index contributed by atoms with van der Waals surface area (Å²) in [6, 6.07) is 44.0. The summed E-state index contributed by atoms with van der Waals surface area (Å²) in [5.74, 6) is 2.90. The number of para-hydroxylation sites is 2. The Morgan fingerprint density at radius 1 is 0.571 bits per heavy atom. The molecule has 208 valence electrons. The number of unbranched alkanes of at least 4 members (excludes halogenated alkanes) is 2. The lowest BCUT2D eigenvalue weighted by molar-refractivity contribution is 0.414. The largest absolute Gasteiger partial charge is 0.311 e. The van der Waals surface area contributed by atoms with Gasteiger partial charge in [0.2, 0.25) is 0 Å². The minimum atomic E-state index is 0.0108. The Bertz CT molecular complexity index is 1640. The van der Waals surface area contributed by atoms with Crippen molar-refractivity contribution < 1.29 is 0 Å². The van der Waals surface area contributed by atoms with Crippen LogP contribution in [0, 0.1) is 12.3 Å². The maximum Gasteiger partial charge on any atom is 0.0462 e. The predicted octanol–water partition coefficient (Wildman–Crippen LogP) is 11.5. The van der Waals surface area contributed by atoms with Gasteiger partial charge in [0.05, 0.1) is 0 Å². The van der Waals surface area contributed by atoms with E-state index >= 15 is 0 Å². The zero-order chi connectivity index (χ0) is 28.9. The molecule has 0 spiro atoms. The van der Waals surface area contributed by atoms with Crippen molar-refractivity contribution in [3.63, 3.8) is 0 Å². The van der Waals surface area contributed by atoms with Crippen LogP contribution in [0.1, 0.15) is 69.1 Å². The van der Waals surface area contributed by atoms with Gasteiger partial charge in [0, 0.05) is 28.0 Å². The lowest BCUT2D eigenvalue weighted by Gasteiger charge is -2.33. The van der Waals surface area contributed by atoms with Gasteiger partial charge in [0.25, 0.3) is 0 Å². The third kappa shape index (κ3) is 5.03. The number of rotatable bonds is 10. The Hall–Kier alpha value is -4.54. The summed E-state index contributed by atoms with van der Waals surface area (Å²) in [4.78, 5) is 2.31. The molecule has 0 radical (unpaired) electrons. The van der Waals surface area contributed by atoms with Gasteiger partial charge in [-0.15, -0.1) is 6.42 Å². The first-order valence-corrected chi connectivity index (χ1v) is 15.4. The van der Waals surface area contributed by atoms with E-state index in [1.807, 2.05) is 0 Å². The fourth-order valence-electron chi connectivity index (χ4n) is 6.79. The number of benzene rings is 5. The third-order valence-electron chi connectivity index (χ3n) is 8.93. The standard InChI is InChI=1S/C41H39N/c1-4-7-27-41(28-8-5-2)39-29-31(6-3)19-25-37(39)38-26-22-33(30-40(38)41)32-20-23-36(24-21-32)42(34-15-11-9-12-16-34)35-17-13-10-14-18-35/h3,9-26,29-30H,4-5,7-8,27-28H2,1-2H3. The molecule has 42 heavy (non-hydrogen) atoms. The second-order valence-electron chi connectivity index (χ2n) is 11.5. The monoisotopic (exact) mass is 545 g/mol. The lowest BCUT2D eigenvalue weighted by atomic mass is 9.70. The van der Waals surface area contributed by atoms with Gasteiger partial charge in [-0.1, -0.05) is 112 Å². The highest BCUT2D eigenvalue weighted by molar-refractivity contribution is 5.85. The summed E-state index contributed by atoms with van der Waals surface area (Å²) in [5, 5.41) is 0. The fourth-order valence-corrected chi connectivity index (χ4v) is 6.79. The van der Waals surface area contributed by atoms with Gasteiger partial charge in [0.15, 0.2) is 0 Å². The van der Waals surface area contributed by atoms with E-state index in [4.69, 9.17) is 6.42 Å². The Balaban J connectivity index is 1.42. The van der Waals surface area contributed by atoms with Crippen LogP contribution in [0.15, 0.2) is 121 Å². The van der Waals surface area contributed by atoms with Crippen LogP contribution in [0.2, 0.25) is 0 Å². The Labute approximate surface area is 251 Å². The molecule has 6 rings (SSSR count). The van der Waals surface area contributed by atoms with E-state index in [1.165, 1.54) is 59.1 Å². The minimum absolute atomic E-state index is 0.0108. The number of fused-ring (bicyclic) bond motifs is 3. The molecule has 5 aromatic rings. The molecular weight excluding hydrogens is 506 g/mol. The highest BCUT2D eigenvalue weighted by atomic mass is 15.1. The summed E-state index contributed by atoms with van der Waals surface area (Å²) in [5.41, 5.74) is 12.6. The topological polar surface area (TPSA) is 3.24 Å². The Kier molecular flexibility index (Phi) is 7.98. The zero-order valence-electron chi connectivity index (χ0n) is 24.8. The van der Waals surface area contributed by atoms with Gasteiger partial charge in [0.1, 0.15) is 0 Å². The van der Waals surface area contributed by atoms with E-state index in [1.54, 1.807) is 0 Å². The summed E-state index contributed by atoms with van der Waals surface area (Å²) < 4.78 is 0. The second-order valence-corrected chi connectivity index (χ2v) is 11.5. The van der Waals surface area contributed by atoms with E-state index in [9.17, 15) is 0 Å². The van der Waals surface area contributed by atoms with Crippen molar-refractivity contribution in [3.05, 3.63) is 138 Å². The summed E-state index contributed by atoms with van der Waals surface area (Å²) in [6.07, 6.45) is 13.0. The van der Waals surface area contributed by atoms with Crippen LogP contribution in [-0.4, -0.2) is 0 Å². The second kappa shape index (κ2) is 12.1. The van der Waals surface area contributed by atoms with Crippen LogP contribution in [0.5, 0.6) is 0 Å². The van der Waals surface area contributed by atoms with Gasteiger partial charge in [-0.25, -0.2) is 0 Å². The first-order valence-electron chi connectivity index (χ1n) is 15.4. The SMILES string of the molecule is C#Cc1ccc2c(c1)C(CCCC)(CCCC)c1cc(-c3ccc(N(c4ccccc4)c4ccccc4)cc3)ccc1-2. The number of terminal acetylenes is 1. The normalized spacial score (nSPS) is 12.8. The molecule has 1 nitrogen and oxygen atoms in total. The molecule has 0 aromatic heterocycles. The quantitative estimate of drug-likeness (QED) is 0.158. The molecule has 0 unspecified atom stereocenters. The minimum Gasteiger partial charge on any atom is -0.311 e. The molecule has 5 aromatic carbocycles. The molecular formula is C41H39N. The smallest absolute Gasteiger partial charge is 0.0462 e. The first-order chi connectivity index (χ1) is 20.7. The number of nitrogens with zero attached hydrogens (tertiary/aromatic N) is 1. The van der Waals surface area contributed by atoms with Crippen molar-refractivity contribution in [2.24, 2.45) is 0 Å². The molecule has 0 amide bonds. The van der Waals surface area contributed by atoms with Crippen LogP contribution in [0.3, 0.4) is 0 Å². The number of anilines is 3. The average molecular weight is 546 g/mol. The molecule has 1 aliphatic carbocycles. The van der Waals surface area contributed by atoms with Gasteiger partial charge >= 0.3 is 0 Å². The molecule has 0 aliphatic heterocycles. The zero-order valence-corrected chi connectivity index (χ0v) is 24.8. The van der Waals surface area contributed by atoms with Crippen molar-refractivity contribution in [3.8, 4) is 34.6 Å². The van der Waals surface area contributed by atoms with E-state index in [0.717, 1.165) is 35.5 Å². The predicted molar refractivity (Wildman–Crippen MR) is 180 cm³/mol. The van der Waals surface area contributed by atoms with Crippen LogP contribution in [-0.2, 0) is 5.41 Å². The molecule has 1 heteroatoms. The first kappa shape index (κ1) is 27.6. The molecule has 0 heterocycles. The highest BCUT2D eigenvalue weighted by Crippen LogP contribution is 2.55. The highest BCUT2D eigenvalue weighted by Gasteiger charge is 2.42. The van der Waals surface area contributed by atoms with Gasteiger partial charge in [-0.2, -0.15) is 0 Å². The van der Waals surface area contributed by atoms with Crippen molar-refractivity contribution >= 4 is 17.1 Å². The maximum absolute atomic E-state index is 5.89. The lowest BCUT2D eigenvalue weighted by Crippen LogP contribution is -2.25. The van der Waals surface area contributed by atoms with Crippen LogP contribution >= 0.6 is 0 Å². The van der Waals surface area contributed by atoms with E-state index in [2.05, 4.69) is 146 Å². The average Bonchev–Trinajstić information content (AvgIpc) is 3.32. The van der Waals surface area contributed by atoms with Crippen molar-refractivity contribution in [1.82, 2.24) is 0 Å². The Morgan fingerprint density at radius 3 is 1.62 bits per heavy atom. The molecule has 0 N–H and O–H groups in total. The molecule has 1 aliphatic rings. The molecule has 0 bridgehead atoms. The Morgan fingerprint density at radius 2 is 1.07 bits per heavy atom.